The molecule has 0 radical (unpaired) electrons. The minimum absolute atomic E-state index is 0.226. The molecule has 0 aliphatic heterocycles. The molecule has 2 unspecified atom stereocenters. The van der Waals surface area contributed by atoms with Crippen LogP contribution >= 0.6 is 0 Å². The smallest absolute Gasteiger partial charge is 0.227 e. The summed E-state index contributed by atoms with van der Waals surface area (Å²) in [5, 5.41) is 0. The molecule has 0 N–H and O–H groups in total. The monoisotopic (exact) mass is 296 g/mol. The SMILES string of the molecule is CC1=C(C(F)(F)F)C2(F)C=CC1(F)C(F)(F)C2(F)F. The van der Waals surface area contributed by atoms with Gasteiger partial charge in [0.25, 0.3) is 0 Å². The Kier molecular flexibility index (Phi) is 2.34. The zero-order valence-corrected chi connectivity index (χ0v) is 9.06. The minimum Gasteiger partial charge on any atom is -0.227 e. The van der Waals surface area contributed by atoms with Crippen molar-refractivity contribution in [2.24, 2.45) is 0 Å². The second-order valence-electron chi connectivity index (χ2n) is 4.40. The number of fused-ring (bicyclic) bond motifs is 1. The van der Waals surface area contributed by atoms with Gasteiger partial charge in [-0.05, 0) is 24.6 Å². The van der Waals surface area contributed by atoms with Crippen LogP contribution in [0.15, 0.2) is 23.3 Å². The summed E-state index contributed by atoms with van der Waals surface area (Å²) in [6, 6.07) is 0. The molecule has 2 atom stereocenters. The van der Waals surface area contributed by atoms with E-state index in [1.807, 2.05) is 0 Å². The van der Waals surface area contributed by atoms with Crippen molar-refractivity contribution in [2.75, 3.05) is 0 Å². The maximum atomic E-state index is 13.9. The third-order valence-electron chi connectivity index (χ3n) is 3.42. The molecule has 0 saturated carbocycles. The Morgan fingerprint density at radius 1 is 0.789 bits per heavy atom. The van der Waals surface area contributed by atoms with Gasteiger partial charge in [0.15, 0.2) is 0 Å². The maximum Gasteiger partial charge on any atom is 0.416 e. The molecule has 3 aliphatic rings. The van der Waals surface area contributed by atoms with Crippen molar-refractivity contribution in [1.82, 2.24) is 0 Å². The predicted octanol–water partition coefficient (Wildman–Crippen LogP) is 4.14. The maximum absolute atomic E-state index is 13.9. The fourth-order valence-electron chi connectivity index (χ4n) is 2.37. The van der Waals surface area contributed by atoms with Crippen LogP contribution in [0.1, 0.15) is 6.92 Å². The average molecular weight is 296 g/mol. The van der Waals surface area contributed by atoms with Crippen molar-refractivity contribution in [3.8, 4) is 0 Å². The van der Waals surface area contributed by atoms with Gasteiger partial charge in [-0.15, -0.1) is 0 Å². The molecule has 0 saturated heterocycles. The lowest BCUT2D eigenvalue weighted by atomic mass is 9.63. The van der Waals surface area contributed by atoms with Crippen molar-refractivity contribution in [3.05, 3.63) is 23.3 Å². The molecular formula is C10H5F9. The van der Waals surface area contributed by atoms with Crippen LogP contribution < -0.4 is 0 Å². The summed E-state index contributed by atoms with van der Waals surface area (Å²) >= 11 is 0. The summed E-state index contributed by atoms with van der Waals surface area (Å²) in [4.78, 5) is 0. The fourth-order valence-corrected chi connectivity index (χ4v) is 2.37. The van der Waals surface area contributed by atoms with Crippen molar-refractivity contribution in [3.63, 3.8) is 0 Å². The van der Waals surface area contributed by atoms with Crippen LogP contribution in [0, 0.1) is 0 Å². The molecule has 2 bridgehead atoms. The van der Waals surface area contributed by atoms with E-state index in [0.29, 0.717) is 0 Å². The second-order valence-corrected chi connectivity index (χ2v) is 4.40. The van der Waals surface area contributed by atoms with Crippen LogP contribution in [0.25, 0.3) is 0 Å². The molecule has 19 heavy (non-hydrogen) atoms. The predicted molar refractivity (Wildman–Crippen MR) is 45.5 cm³/mol. The molecule has 3 aliphatic carbocycles. The van der Waals surface area contributed by atoms with E-state index in [1.54, 1.807) is 0 Å². The van der Waals surface area contributed by atoms with Gasteiger partial charge in [-0.25, -0.2) is 8.78 Å². The molecule has 9 heteroatoms. The summed E-state index contributed by atoms with van der Waals surface area (Å²) in [6.07, 6.45) is -6.46. The van der Waals surface area contributed by atoms with Crippen LogP contribution in [-0.2, 0) is 0 Å². The first-order valence-electron chi connectivity index (χ1n) is 4.86. The van der Waals surface area contributed by atoms with E-state index in [-0.39, 0.29) is 13.0 Å². The van der Waals surface area contributed by atoms with E-state index >= 15 is 0 Å². The molecule has 0 spiro atoms. The van der Waals surface area contributed by atoms with Crippen molar-refractivity contribution in [1.29, 1.82) is 0 Å². The average Bonchev–Trinajstić information content (AvgIpc) is 2.19. The van der Waals surface area contributed by atoms with Crippen LogP contribution in [0.4, 0.5) is 39.5 Å². The Morgan fingerprint density at radius 2 is 1.16 bits per heavy atom. The van der Waals surface area contributed by atoms with Gasteiger partial charge >= 0.3 is 18.0 Å². The number of allylic oxidation sites excluding steroid dienone is 4. The van der Waals surface area contributed by atoms with Crippen LogP contribution in [0.2, 0.25) is 0 Å². The number of hydrogen-bond donors (Lipinski definition) is 0. The highest BCUT2D eigenvalue weighted by Gasteiger charge is 2.86. The molecule has 0 aromatic carbocycles. The van der Waals surface area contributed by atoms with Crippen LogP contribution in [0.5, 0.6) is 0 Å². The fraction of sp³-hybridized carbons (Fsp3) is 0.600. The van der Waals surface area contributed by atoms with Crippen molar-refractivity contribution >= 4 is 0 Å². The second kappa shape index (κ2) is 3.12. The van der Waals surface area contributed by atoms with Gasteiger partial charge in [0, 0.05) is 0 Å². The summed E-state index contributed by atoms with van der Waals surface area (Å²) in [5.74, 6) is -11.4. The largest absolute Gasteiger partial charge is 0.416 e. The lowest BCUT2D eigenvalue weighted by Gasteiger charge is -2.51. The third kappa shape index (κ3) is 1.24. The Hall–Kier alpha value is -1.15. The molecule has 0 heterocycles. The molecule has 0 aromatic heterocycles. The summed E-state index contributed by atoms with van der Waals surface area (Å²) in [6.45, 7) is 0.226. The molecule has 0 aromatic rings. The first-order valence-corrected chi connectivity index (χ1v) is 4.86. The minimum atomic E-state index is -5.84. The number of hydrogen-bond acceptors (Lipinski definition) is 0. The van der Waals surface area contributed by atoms with Crippen LogP contribution in [0.3, 0.4) is 0 Å². The van der Waals surface area contributed by atoms with E-state index in [1.165, 1.54) is 0 Å². The molecule has 3 rings (SSSR count). The van der Waals surface area contributed by atoms with Gasteiger partial charge in [0.1, 0.15) is 0 Å². The highest BCUT2D eigenvalue weighted by Crippen LogP contribution is 2.66. The molecule has 108 valence electrons. The molecule has 0 fully saturated rings. The third-order valence-corrected chi connectivity index (χ3v) is 3.42. The summed E-state index contributed by atoms with van der Waals surface area (Å²) in [7, 11) is 0. The summed E-state index contributed by atoms with van der Waals surface area (Å²) in [5.41, 5.74) is -13.6. The molecular weight excluding hydrogens is 291 g/mol. The topological polar surface area (TPSA) is 0 Å². The Labute approximate surface area is 100 Å². The number of rotatable bonds is 0. The molecule has 0 nitrogen and oxygen atoms in total. The highest BCUT2D eigenvalue weighted by molar-refractivity contribution is 5.55. The van der Waals surface area contributed by atoms with Crippen molar-refractivity contribution < 1.29 is 39.5 Å². The van der Waals surface area contributed by atoms with Gasteiger partial charge in [-0.3, -0.25) is 0 Å². The standard InChI is InChI=1S/C10H5F9/c1-4-5(8(13,14)15)7(12)3-2-6(4,11)9(16,17)10(7,18)19/h2-3H,1H3. The first-order chi connectivity index (χ1) is 8.23. The Balaban J connectivity index is 2.89. The highest BCUT2D eigenvalue weighted by atomic mass is 19.4. The molecule has 0 amide bonds. The summed E-state index contributed by atoms with van der Waals surface area (Å²) < 4.78 is 119. The quantitative estimate of drug-likeness (QED) is 0.465. The Bertz CT molecular complexity index is 498. The van der Waals surface area contributed by atoms with Crippen LogP contribution in [-0.4, -0.2) is 29.4 Å². The van der Waals surface area contributed by atoms with E-state index in [0.717, 1.165) is 0 Å². The normalized spacial score (nSPS) is 39.9. The number of halogens is 9. The van der Waals surface area contributed by atoms with Gasteiger partial charge in [0.2, 0.25) is 11.3 Å². The first kappa shape index (κ1) is 14.3. The lowest BCUT2D eigenvalue weighted by Crippen LogP contribution is -2.72. The van der Waals surface area contributed by atoms with E-state index in [9.17, 15) is 39.5 Å². The van der Waals surface area contributed by atoms with Gasteiger partial charge < -0.3 is 0 Å². The van der Waals surface area contributed by atoms with Gasteiger partial charge in [-0.2, -0.15) is 30.7 Å². The zero-order valence-electron chi connectivity index (χ0n) is 9.06. The zero-order chi connectivity index (χ0) is 15.1. The Morgan fingerprint density at radius 3 is 1.58 bits per heavy atom. The van der Waals surface area contributed by atoms with Gasteiger partial charge in [-0.1, -0.05) is 0 Å². The van der Waals surface area contributed by atoms with Gasteiger partial charge in [0.05, 0.1) is 5.57 Å². The lowest BCUT2D eigenvalue weighted by molar-refractivity contribution is -0.308. The van der Waals surface area contributed by atoms with E-state index in [4.69, 9.17) is 0 Å². The van der Waals surface area contributed by atoms with Crippen molar-refractivity contribution in [2.45, 2.75) is 36.3 Å². The number of alkyl halides is 9. The van der Waals surface area contributed by atoms with E-state index < -0.39 is 46.6 Å². The van der Waals surface area contributed by atoms with E-state index in [2.05, 4.69) is 0 Å².